The molecular formula is C14H18FNO2. The lowest BCUT2D eigenvalue weighted by atomic mass is 10.1. The van der Waals surface area contributed by atoms with Crippen LogP contribution in [0.4, 0.5) is 4.39 Å². The maximum Gasteiger partial charge on any atom is 0.257 e. The van der Waals surface area contributed by atoms with Gasteiger partial charge in [-0.3, -0.25) is 4.79 Å². The van der Waals surface area contributed by atoms with Gasteiger partial charge in [0.2, 0.25) is 0 Å². The van der Waals surface area contributed by atoms with Crippen molar-refractivity contribution in [2.75, 3.05) is 6.54 Å². The first-order valence-electron chi connectivity index (χ1n) is 6.43. The highest BCUT2D eigenvalue weighted by atomic mass is 19.1. The van der Waals surface area contributed by atoms with E-state index in [2.05, 4.69) is 6.92 Å². The van der Waals surface area contributed by atoms with Crippen molar-refractivity contribution in [3.63, 3.8) is 0 Å². The summed E-state index contributed by atoms with van der Waals surface area (Å²) in [6.07, 6.45) is 4.02. The molecule has 1 aliphatic carbocycles. The summed E-state index contributed by atoms with van der Waals surface area (Å²) in [5, 5.41) is 9.65. The minimum absolute atomic E-state index is 0.191. The molecule has 1 fully saturated rings. The van der Waals surface area contributed by atoms with Crippen LogP contribution in [0.3, 0.4) is 0 Å². The Morgan fingerprint density at radius 1 is 1.50 bits per heavy atom. The number of carbonyl (C=O) groups excluding carboxylic acids is 1. The highest BCUT2D eigenvalue weighted by Gasteiger charge is 2.33. The Labute approximate surface area is 106 Å². The van der Waals surface area contributed by atoms with Gasteiger partial charge < -0.3 is 10.0 Å². The van der Waals surface area contributed by atoms with Gasteiger partial charge in [-0.25, -0.2) is 4.39 Å². The van der Waals surface area contributed by atoms with Crippen LogP contribution >= 0.6 is 0 Å². The van der Waals surface area contributed by atoms with Gasteiger partial charge in [-0.1, -0.05) is 13.3 Å². The Kier molecular flexibility index (Phi) is 3.84. The number of rotatable bonds is 5. The molecule has 98 valence electrons. The van der Waals surface area contributed by atoms with Crippen molar-refractivity contribution in [1.29, 1.82) is 0 Å². The number of hydrogen-bond acceptors (Lipinski definition) is 2. The van der Waals surface area contributed by atoms with E-state index in [0.717, 1.165) is 31.7 Å². The van der Waals surface area contributed by atoms with Gasteiger partial charge in [0, 0.05) is 18.7 Å². The van der Waals surface area contributed by atoms with Crippen LogP contribution in [-0.4, -0.2) is 28.5 Å². The molecule has 0 heterocycles. The van der Waals surface area contributed by atoms with E-state index < -0.39 is 5.82 Å². The number of amides is 1. The molecule has 0 unspecified atom stereocenters. The minimum Gasteiger partial charge on any atom is -0.507 e. The summed E-state index contributed by atoms with van der Waals surface area (Å²) in [7, 11) is 0. The second-order valence-electron chi connectivity index (χ2n) is 4.74. The minimum atomic E-state index is -0.532. The number of carbonyl (C=O) groups is 1. The number of halogens is 1. The lowest BCUT2D eigenvalue weighted by Crippen LogP contribution is -2.34. The molecule has 0 saturated heterocycles. The number of benzene rings is 1. The Morgan fingerprint density at radius 3 is 2.78 bits per heavy atom. The second-order valence-corrected chi connectivity index (χ2v) is 4.74. The van der Waals surface area contributed by atoms with Gasteiger partial charge in [-0.15, -0.1) is 0 Å². The molecular weight excluding hydrogens is 233 g/mol. The number of nitrogens with zero attached hydrogens (tertiary/aromatic N) is 1. The molecule has 0 atom stereocenters. The van der Waals surface area contributed by atoms with Gasteiger partial charge >= 0.3 is 0 Å². The Bertz CT molecular complexity index is 443. The van der Waals surface area contributed by atoms with E-state index in [-0.39, 0.29) is 17.2 Å². The van der Waals surface area contributed by atoms with Crippen LogP contribution in [0.25, 0.3) is 0 Å². The maximum absolute atomic E-state index is 12.9. The summed E-state index contributed by atoms with van der Waals surface area (Å²) < 4.78 is 12.9. The summed E-state index contributed by atoms with van der Waals surface area (Å²) in [5.74, 6) is -0.999. The molecule has 2 rings (SSSR count). The standard InChI is InChI=1S/C14H18FNO2/c1-2-3-8-16(11-5-6-11)14(18)12-7-4-10(15)9-13(12)17/h4,7,9,11,17H,2-3,5-6,8H2,1H3. The molecule has 0 spiro atoms. The molecule has 18 heavy (non-hydrogen) atoms. The third kappa shape index (κ3) is 2.81. The smallest absolute Gasteiger partial charge is 0.257 e. The van der Waals surface area contributed by atoms with E-state index in [9.17, 15) is 14.3 Å². The van der Waals surface area contributed by atoms with E-state index in [0.29, 0.717) is 12.6 Å². The lowest BCUT2D eigenvalue weighted by molar-refractivity contribution is 0.0737. The van der Waals surface area contributed by atoms with E-state index in [1.54, 1.807) is 4.90 Å². The summed E-state index contributed by atoms with van der Waals surface area (Å²) >= 11 is 0. The van der Waals surface area contributed by atoms with Crippen LogP contribution < -0.4 is 0 Å². The predicted molar refractivity (Wildman–Crippen MR) is 67.0 cm³/mol. The molecule has 1 N–H and O–H groups in total. The quantitative estimate of drug-likeness (QED) is 0.874. The van der Waals surface area contributed by atoms with Crippen LogP contribution in [0.15, 0.2) is 18.2 Å². The molecule has 1 saturated carbocycles. The van der Waals surface area contributed by atoms with Crippen molar-refractivity contribution in [2.24, 2.45) is 0 Å². The Morgan fingerprint density at radius 2 is 2.22 bits per heavy atom. The first-order valence-corrected chi connectivity index (χ1v) is 6.43. The molecule has 1 amide bonds. The van der Waals surface area contributed by atoms with Gasteiger partial charge in [0.25, 0.3) is 5.91 Å². The lowest BCUT2D eigenvalue weighted by Gasteiger charge is -2.22. The van der Waals surface area contributed by atoms with Crippen LogP contribution in [0, 0.1) is 5.82 Å². The molecule has 1 aromatic rings. The number of aromatic hydroxyl groups is 1. The topological polar surface area (TPSA) is 40.5 Å². The average molecular weight is 251 g/mol. The Balaban J connectivity index is 2.16. The normalized spacial score (nSPS) is 14.6. The number of phenols is 1. The molecule has 0 bridgehead atoms. The summed E-state index contributed by atoms with van der Waals surface area (Å²) in [5.41, 5.74) is 0.194. The van der Waals surface area contributed by atoms with Crippen molar-refractivity contribution in [1.82, 2.24) is 4.90 Å². The molecule has 0 aliphatic heterocycles. The molecule has 1 aliphatic rings. The van der Waals surface area contributed by atoms with Crippen LogP contribution in [-0.2, 0) is 0 Å². The average Bonchev–Trinajstić information content (AvgIpc) is 3.13. The summed E-state index contributed by atoms with van der Waals surface area (Å²) in [6, 6.07) is 3.85. The Hall–Kier alpha value is -1.58. The van der Waals surface area contributed by atoms with E-state index in [1.807, 2.05) is 0 Å². The third-order valence-corrected chi connectivity index (χ3v) is 3.19. The van der Waals surface area contributed by atoms with Crippen LogP contribution in [0.1, 0.15) is 43.0 Å². The molecule has 3 nitrogen and oxygen atoms in total. The van der Waals surface area contributed by atoms with Crippen molar-refractivity contribution < 1.29 is 14.3 Å². The fourth-order valence-electron chi connectivity index (χ4n) is 2.00. The van der Waals surface area contributed by atoms with E-state index in [1.165, 1.54) is 12.1 Å². The van der Waals surface area contributed by atoms with E-state index in [4.69, 9.17) is 0 Å². The van der Waals surface area contributed by atoms with Crippen LogP contribution in [0.2, 0.25) is 0 Å². The number of hydrogen-bond donors (Lipinski definition) is 1. The molecule has 0 aromatic heterocycles. The number of phenolic OH excluding ortho intramolecular Hbond substituents is 1. The van der Waals surface area contributed by atoms with Crippen LogP contribution in [0.5, 0.6) is 5.75 Å². The maximum atomic E-state index is 12.9. The zero-order valence-electron chi connectivity index (χ0n) is 10.5. The zero-order valence-corrected chi connectivity index (χ0v) is 10.5. The fraction of sp³-hybridized carbons (Fsp3) is 0.500. The molecule has 0 radical (unpaired) electrons. The second kappa shape index (κ2) is 5.38. The van der Waals surface area contributed by atoms with Crippen molar-refractivity contribution in [2.45, 2.75) is 38.6 Å². The SMILES string of the molecule is CCCCN(C(=O)c1ccc(F)cc1O)C1CC1. The predicted octanol–water partition coefficient (Wildman–Crippen LogP) is 2.94. The first kappa shape index (κ1) is 12.9. The summed E-state index contributed by atoms with van der Waals surface area (Å²) in [4.78, 5) is 14.1. The van der Waals surface area contributed by atoms with Crippen molar-refractivity contribution >= 4 is 5.91 Å². The van der Waals surface area contributed by atoms with Gasteiger partial charge in [0.15, 0.2) is 0 Å². The first-order chi connectivity index (χ1) is 8.63. The highest BCUT2D eigenvalue weighted by molar-refractivity contribution is 5.97. The van der Waals surface area contributed by atoms with E-state index >= 15 is 0 Å². The zero-order chi connectivity index (χ0) is 13.1. The van der Waals surface area contributed by atoms with Crippen molar-refractivity contribution in [3.05, 3.63) is 29.6 Å². The third-order valence-electron chi connectivity index (χ3n) is 3.19. The summed E-state index contributed by atoms with van der Waals surface area (Å²) in [6.45, 7) is 2.78. The number of unbranched alkanes of at least 4 members (excludes halogenated alkanes) is 1. The largest absolute Gasteiger partial charge is 0.507 e. The highest BCUT2D eigenvalue weighted by Crippen LogP contribution is 2.30. The van der Waals surface area contributed by atoms with Gasteiger partial charge in [-0.05, 0) is 31.4 Å². The van der Waals surface area contributed by atoms with Gasteiger partial charge in [0.1, 0.15) is 11.6 Å². The van der Waals surface area contributed by atoms with Crippen molar-refractivity contribution in [3.8, 4) is 5.75 Å². The monoisotopic (exact) mass is 251 g/mol. The van der Waals surface area contributed by atoms with Gasteiger partial charge in [0.05, 0.1) is 5.56 Å². The fourth-order valence-corrected chi connectivity index (χ4v) is 2.00. The van der Waals surface area contributed by atoms with Gasteiger partial charge in [-0.2, -0.15) is 0 Å². The molecule has 1 aromatic carbocycles. The molecule has 4 heteroatoms.